The molecule has 0 radical (unpaired) electrons. The largest absolute Gasteiger partial charge is 0.492 e. The summed E-state index contributed by atoms with van der Waals surface area (Å²) < 4.78 is 6.12. The van der Waals surface area contributed by atoms with Crippen molar-refractivity contribution in [2.45, 2.75) is 63.8 Å². The Morgan fingerprint density at radius 1 is 0.880 bits per heavy atom. The number of hydrogen-bond donors (Lipinski definition) is 0. The Kier molecular flexibility index (Phi) is 5.94. The highest BCUT2D eigenvalue weighted by atomic mass is 16.5. The SMILES string of the molecule is c1cc2c(cc1OCCN1CCCCC1)CCCCC2N1CCCC1. The van der Waals surface area contributed by atoms with E-state index in [9.17, 15) is 0 Å². The Balaban J connectivity index is 1.38. The topological polar surface area (TPSA) is 15.7 Å². The predicted molar refractivity (Wildman–Crippen MR) is 103 cm³/mol. The van der Waals surface area contributed by atoms with E-state index in [1.165, 1.54) is 84.0 Å². The minimum atomic E-state index is 0.655. The quantitative estimate of drug-likeness (QED) is 0.737. The van der Waals surface area contributed by atoms with Gasteiger partial charge >= 0.3 is 0 Å². The lowest BCUT2D eigenvalue weighted by molar-refractivity contribution is 0.183. The Hall–Kier alpha value is -1.06. The highest BCUT2D eigenvalue weighted by molar-refractivity contribution is 5.38. The van der Waals surface area contributed by atoms with Crippen molar-refractivity contribution in [1.29, 1.82) is 0 Å². The van der Waals surface area contributed by atoms with Gasteiger partial charge in [0.25, 0.3) is 0 Å². The zero-order chi connectivity index (χ0) is 16.9. The van der Waals surface area contributed by atoms with Gasteiger partial charge in [-0.25, -0.2) is 0 Å². The molecule has 2 aliphatic heterocycles. The maximum atomic E-state index is 6.12. The minimum absolute atomic E-state index is 0.655. The van der Waals surface area contributed by atoms with Crippen LogP contribution in [0.4, 0.5) is 0 Å². The fourth-order valence-corrected chi connectivity index (χ4v) is 4.93. The van der Waals surface area contributed by atoms with E-state index in [-0.39, 0.29) is 0 Å². The number of benzene rings is 1. The van der Waals surface area contributed by atoms with Gasteiger partial charge < -0.3 is 4.74 Å². The summed E-state index contributed by atoms with van der Waals surface area (Å²) in [7, 11) is 0. The van der Waals surface area contributed by atoms with Gasteiger partial charge in [-0.3, -0.25) is 9.80 Å². The van der Waals surface area contributed by atoms with Gasteiger partial charge in [-0.15, -0.1) is 0 Å². The molecule has 2 saturated heterocycles. The van der Waals surface area contributed by atoms with E-state index >= 15 is 0 Å². The third-order valence-corrected chi connectivity index (χ3v) is 6.35. The summed E-state index contributed by atoms with van der Waals surface area (Å²) in [4.78, 5) is 5.28. The molecule has 3 heteroatoms. The average molecular weight is 343 g/mol. The van der Waals surface area contributed by atoms with E-state index in [1.807, 2.05) is 0 Å². The number of fused-ring (bicyclic) bond motifs is 1. The van der Waals surface area contributed by atoms with Gasteiger partial charge in [0, 0.05) is 12.6 Å². The summed E-state index contributed by atoms with van der Waals surface area (Å²) in [6, 6.07) is 7.60. The smallest absolute Gasteiger partial charge is 0.119 e. The van der Waals surface area contributed by atoms with Gasteiger partial charge in [-0.05, 0) is 94.4 Å². The molecule has 3 nitrogen and oxygen atoms in total. The predicted octanol–water partition coefficient (Wildman–Crippen LogP) is 4.41. The zero-order valence-electron chi connectivity index (χ0n) is 15.7. The number of rotatable bonds is 5. The van der Waals surface area contributed by atoms with Crippen LogP contribution in [-0.4, -0.2) is 49.1 Å². The summed E-state index contributed by atoms with van der Waals surface area (Å²) in [5, 5.41) is 0. The molecule has 3 aliphatic rings. The maximum absolute atomic E-state index is 6.12. The van der Waals surface area contributed by atoms with Crippen molar-refractivity contribution in [2.75, 3.05) is 39.3 Å². The number of nitrogens with zero attached hydrogens (tertiary/aromatic N) is 2. The molecule has 4 rings (SSSR count). The molecule has 0 bridgehead atoms. The number of hydrogen-bond acceptors (Lipinski definition) is 3. The molecule has 1 aromatic rings. The molecule has 2 fully saturated rings. The molecule has 0 saturated carbocycles. The minimum Gasteiger partial charge on any atom is -0.492 e. The molecule has 0 spiro atoms. The molecule has 0 N–H and O–H groups in total. The van der Waals surface area contributed by atoms with Gasteiger partial charge in [0.05, 0.1) is 0 Å². The second-order valence-corrected chi connectivity index (χ2v) is 8.12. The van der Waals surface area contributed by atoms with E-state index in [2.05, 4.69) is 28.0 Å². The van der Waals surface area contributed by atoms with Crippen LogP contribution >= 0.6 is 0 Å². The van der Waals surface area contributed by atoms with E-state index in [1.54, 1.807) is 11.1 Å². The molecule has 0 aromatic heterocycles. The third-order valence-electron chi connectivity index (χ3n) is 6.35. The lowest BCUT2D eigenvalue weighted by atomic mass is 9.97. The van der Waals surface area contributed by atoms with Crippen molar-refractivity contribution < 1.29 is 4.74 Å². The van der Waals surface area contributed by atoms with Crippen molar-refractivity contribution in [3.63, 3.8) is 0 Å². The second-order valence-electron chi connectivity index (χ2n) is 8.12. The number of ether oxygens (including phenoxy) is 1. The summed E-state index contributed by atoms with van der Waals surface area (Å²) in [6.07, 6.45) is 12.1. The fraction of sp³-hybridized carbons (Fsp3) is 0.727. The molecule has 2 heterocycles. The Bertz CT molecular complexity index is 547. The summed E-state index contributed by atoms with van der Waals surface area (Å²) in [6.45, 7) is 6.99. The molecular formula is C22H34N2O. The van der Waals surface area contributed by atoms with E-state index in [0.717, 1.165) is 18.9 Å². The number of aryl methyl sites for hydroxylation is 1. The number of likely N-dealkylation sites (tertiary alicyclic amines) is 2. The molecule has 1 atom stereocenters. The standard InChI is InChI=1S/C22H34N2O/c1-4-12-23(13-5-1)16-17-25-20-10-11-21-19(18-20)8-2-3-9-22(21)24-14-6-7-15-24/h10-11,18,22H,1-9,12-17H2. The van der Waals surface area contributed by atoms with Crippen LogP contribution in [0.15, 0.2) is 18.2 Å². The average Bonchev–Trinajstić information content (AvgIpc) is 3.10. The Morgan fingerprint density at radius 3 is 2.52 bits per heavy atom. The first-order chi connectivity index (χ1) is 12.4. The second kappa shape index (κ2) is 8.55. The first kappa shape index (κ1) is 17.4. The van der Waals surface area contributed by atoms with Gasteiger partial charge in [0.2, 0.25) is 0 Å². The van der Waals surface area contributed by atoms with Crippen molar-refractivity contribution in [3.8, 4) is 5.75 Å². The monoisotopic (exact) mass is 342 g/mol. The van der Waals surface area contributed by atoms with E-state index in [4.69, 9.17) is 4.74 Å². The molecule has 25 heavy (non-hydrogen) atoms. The van der Waals surface area contributed by atoms with Crippen molar-refractivity contribution in [2.24, 2.45) is 0 Å². The molecule has 1 aliphatic carbocycles. The van der Waals surface area contributed by atoms with Crippen LogP contribution in [-0.2, 0) is 6.42 Å². The van der Waals surface area contributed by atoms with Gasteiger partial charge in [-0.2, -0.15) is 0 Å². The third kappa shape index (κ3) is 4.38. The van der Waals surface area contributed by atoms with Crippen molar-refractivity contribution in [1.82, 2.24) is 9.80 Å². The Labute approximate surface area is 153 Å². The summed E-state index contributed by atoms with van der Waals surface area (Å²) >= 11 is 0. The van der Waals surface area contributed by atoms with Crippen LogP contribution in [0.5, 0.6) is 5.75 Å². The first-order valence-corrected chi connectivity index (χ1v) is 10.6. The van der Waals surface area contributed by atoms with Gasteiger partial charge in [0.1, 0.15) is 12.4 Å². The van der Waals surface area contributed by atoms with Crippen LogP contribution in [0, 0.1) is 0 Å². The van der Waals surface area contributed by atoms with E-state index in [0.29, 0.717) is 6.04 Å². The highest BCUT2D eigenvalue weighted by Gasteiger charge is 2.26. The molecule has 1 unspecified atom stereocenters. The molecular weight excluding hydrogens is 308 g/mol. The fourth-order valence-electron chi connectivity index (χ4n) is 4.93. The molecule has 138 valence electrons. The zero-order valence-corrected chi connectivity index (χ0v) is 15.7. The van der Waals surface area contributed by atoms with Crippen molar-refractivity contribution >= 4 is 0 Å². The molecule has 0 amide bonds. The summed E-state index contributed by atoms with van der Waals surface area (Å²) in [5.41, 5.74) is 3.13. The van der Waals surface area contributed by atoms with Crippen LogP contribution in [0.2, 0.25) is 0 Å². The first-order valence-electron chi connectivity index (χ1n) is 10.6. The number of piperidine rings is 1. The van der Waals surface area contributed by atoms with Crippen LogP contribution < -0.4 is 4.74 Å². The Morgan fingerprint density at radius 2 is 1.68 bits per heavy atom. The van der Waals surface area contributed by atoms with Crippen LogP contribution in [0.1, 0.15) is 68.5 Å². The molecule has 1 aromatic carbocycles. The van der Waals surface area contributed by atoms with E-state index < -0.39 is 0 Å². The van der Waals surface area contributed by atoms with Gasteiger partial charge in [0.15, 0.2) is 0 Å². The van der Waals surface area contributed by atoms with Crippen LogP contribution in [0.25, 0.3) is 0 Å². The summed E-state index contributed by atoms with van der Waals surface area (Å²) in [5.74, 6) is 1.08. The maximum Gasteiger partial charge on any atom is 0.119 e. The van der Waals surface area contributed by atoms with Crippen LogP contribution in [0.3, 0.4) is 0 Å². The van der Waals surface area contributed by atoms with Crippen molar-refractivity contribution in [3.05, 3.63) is 29.3 Å². The highest BCUT2D eigenvalue weighted by Crippen LogP contribution is 2.36. The normalized spacial score (nSPS) is 25.5. The lowest BCUT2D eigenvalue weighted by Gasteiger charge is -2.28. The lowest BCUT2D eigenvalue weighted by Crippen LogP contribution is -2.33. The van der Waals surface area contributed by atoms with Gasteiger partial charge in [-0.1, -0.05) is 18.9 Å².